The van der Waals surface area contributed by atoms with Crippen LogP contribution in [0.5, 0.6) is 0 Å². The number of esters is 1. The molecule has 2 aliphatic heterocycles. The lowest BCUT2D eigenvalue weighted by atomic mass is 10.0. The van der Waals surface area contributed by atoms with E-state index < -0.39 is 6.17 Å². The van der Waals surface area contributed by atoms with Gasteiger partial charge in [-0.3, -0.25) is 9.69 Å². The first-order valence-electron chi connectivity index (χ1n) is 8.66. The standard InChI is InChI=1S/C17H26FN3O3/c1-12-7-16(24-19-12)11-21-9-14(18)8-15(21)10-20(2)5-3-13-4-6-23-17(13)22/h7,13-15H,3-6,8-11H2,1-2H3/t13-,14+,15+/m1/s1. The number of carbonyl (C=O) groups excluding carboxylic acids is 1. The number of aromatic nitrogens is 1. The van der Waals surface area contributed by atoms with Crippen molar-refractivity contribution in [1.29, 1.82) is 0 Å². The number of hydrogen-bond acceptors (Lipinski definition) is 6. The Labute approximate surface area is 141 Å². The van der Waals surface area contributed by atoms with Gasteiger partial charge in [-0.05, 0) is 39.8 Å². The predicted molar refractivity (Wildman–Crippen MR) is 86.1 cm³/mol. The molecule has 134 valence electrons. The molecule has 0 amide bonds. The number of likely N-dealkylation sites (tertiary alicyclic amines) is 1. The van der Waals surface area contributed by atoms with Crippen LogP contribution in [-0.4, -0.2) is 66.4 Å². The third-order valence-electron chi connectivity index (χ3n) is 4.94. The van der Waals surface area contributed by atoms with Gasteiger partial charge in [0, 0.05) is 25.2 Å². The van der Waals surface area contributed by atoms with Crippen LogP contribution in [0.4, 0.5) is 4.39 Å². The van der Waals surface area contributed by atoms with Crippen LogP contribution in [0, 0.1) is 12.8 Å². The number of nitrogens with zero attached hydrogens (tertiary/aromatic N) is 3. The molecule has 1 aromatic heterocycles. The van der Waals surface area contributed by atoms with Crippen LogP contribution in [0.1, 0.15) is 30.7 Å². The predicted octanol–water partition coefficient (Wildman–Crippen LogP) is 1.78. The molecule has 2 saturated heterocycles. The highest BCUT2D eigenvalue weighted by Crippen LogP contribution is 2.24. The Bertz CT molecular complexity index is 565. The second-order valence-electron chi connectivity index (χ2n) is 7.05. The maximum Gasteiger partial charge on any atom is 0.309 e. The number of aryl methyl sites for hydroxylation is 1. The maximum atomic E-state index is 13.9. The fraction of sp³-hybridized carbons (Fsp3) is 0.765. The van der Waals surface area contributed by atoms with E-state index in [4.69, 9.17) is 9.26 Å². The Hall–Kier alpha value is -1.47. The normalized spacial score (nSPS) is 28.0. The van der Waals surface area contributed by atoms with Gasteiger partial charge in [-0.15, -0.1) is 0 Å². The van der Waals surface area contributed by atoms with Crippen LogP contribution in [0.15, 0.2) is 10.6 Å². The Morgan fingerprint density at radius 2 is 2.33 bits per heavy atom. The molecule has 0 unspecified atom stereocenters. The molecular formula is C17H26FN3O3. The summed E-state index contributed by atoms with van der Waals surface area (Å²) in [5.41, 5.74) is 0.845. The van der Waals surface area contributed by atoms with Crippen molar-refractivity contribution in [3.63, 3.8) is 0 Å². The van der Waals surface area contributed by atoms with Gasteiger partial charge >= 0.3 is 5.97 Å². The van der Waals surface area contributed by atoms with E-state index in [2.05, 4.69) is 15.0 Å². The molecule has 1 aromatic rings. The molecule has 2 fully saturated rings. The number of carbonyl (C=O) groups is 1. The molecule has 0 spiro atoms. The average molecular weight is 339 g/mol. The van der Waals surface area contributed by atoms with Gasteiger partial charge < -0.3 is 14.2 Å². The van der Waals surface area contributed by atoms with Crippen molar-refractivity contribution in [2.75, 3.05) is 33.3 Å². The highest BCUT2D eigenvalue weighted by molar-refractivity contribution is 5.74. The molecule has 0 aromatic carbocycles. The molecule has 0 aliphatic carbocycles. The van der Waals surface area contributed by atoms with Crippen molar-refractivity contribution >= 4 is 5.97 Å². The molecule has 24 heavy (non-hydrogen) atoms. The maximum absolute atomic E-state index is 13.9. The van der Waals surface area contributed by atoms with E-state index >= 15 is 0 Å². The molecule has 0 saturated carbocycles. The first-order valence-corrected chi connectivity index (χ1v) is 8.66. The zero-order chi connectivity index (χ0) is 17.1. The smallest absolute Gasteiger partial charge is 0.309 e. The summed E-state index contributed by atoms with van der Waals surface area (Å²) in [7, 11) is 2.03. The SMILES string of the molecule is Cc1cc(CN2C[C@@H](F)C[C@H]2CN(C)CC[C@@H]2CCOC2=O)on1. The number of cyclic esters (lactones) is 1. The minimum absolute atomic E-state index is 0.0261. The largest absolute Gasteiger partial charge is 0.465 e. The number of halogens is 1. The van der Waals surface area contributed by atoms with Gasteiger partial charge in [-0.25, -0.2) is 4.39 Å². The van der Waals surface area contributed by atoms with E-state index in [-0.39, 0.29) is 17.9 Å². The van der Waals surface area contributed by atoms with Crippen molar-refractivity contribution in [1.82, 2.24) is 15.0 Å². The van der Waals surface area contributed by atoms with E-state index in [1.807, 2.05) is 20.0 Å². The number of ether oxygens (including phenoxy) is 1. The third-order valence-corrected chi connectivity index (χ3v) is 4.94. The minimum Gasteiger partial charge on any atom is -0.465 e. The van der Waals surface area contributed by atoms with E-state index in [0.29, 0.717) is 26.1 Å². The lowest BCUT2D eigenvalue weighted by Crippen LogP contribution is -2.39. The van der Waals surface area contributed by atoms with Crippen molar-refractivity contribution in [3.8, 4) is 0 Å². The first kappa shape index (κ1) is 17.4. The summed E-state index contributed by atoms with van der Waals surface area (Å²) in [5, 5.41) is 3.89. The third kappa shape index (κ3) is 4.33. The van der Waals surface area contributed by atoms with Crippen molar-refractivity contribution in [3.05, 3.63) is 17.5 Å². The summed E-state index contributed by atoms with van der Waals surface area (Å²) < 4.78 is 24.2. The number of hydrogen-bond donors (Lipinski definition) is 0. The van der Waals surface area contributed by atoms with Crippen LogP contribution in [0.3, 0.4) is 0 Å². The zero-order valence-corrected chi connectivity index (χ0v) is 14.4. The van der Waals surface area contributed by atoms with E-state index in [1.165, 1.54) is 0 Å². The van der Waals surface area contributed by atoms with E-state index in [0.717, 1.165) is 37.4 Å². The van der Waals surface area contributed by atoms with Crippen LogP contribution in [-0.2, 0) is 16.1 Å². The van der Waals surface area contributed by atoms with Crippen molar-refractivity contribution < 1.29 is 18.4 Å². The van der Waals surface area contributed by atoms with Gasteiger partial charge in [0.25, 0.3) is 0 Å². The van der Waals surface area contributed by atoms with Gasteiger partial charge in [-0.1, -0.05) is 5.16 Å². The molecular weight excluding hydrogens is 313 g/mol. The zero-order valence-electron chi connectivity index (χ0n) is 14.4. The van der Waals surface area contributed by atoms with Crippen LogP contribution in [0.2, 0.25) is 0 Å². The molecule has 0 bridgehead atoms. The lowest BCUT2D eigenvalue weighted by Gasteiger charge is -2.27. The van der Waals surface area contributed by atoms with Crippen LogP contribution in [0.25, 0.3) is 0 Å². The monoisotopic (exact) mass is 339 g/mol. The fourth-order valence-electron chi connectivity index (χ4n) is 3.62. The molecule has 2 aliphatic rings. The van der Waals surface area contributed by atoms with Crippen molar-refractivity contribution in [2.24, 2.45) is 5.92 Å². The first-order chi connectivity index (χ1) is 11.5. The van der Waals surface area contributed by atoms with E-state index in [9.17, 15) is 9.18 Å². The number of likely N-dealkylation sites (N-methyl/N-ethyl adjacent to an activating group) is 1. The summed E-state index contributed by atoms with van der Waals surface area (Å²) >= 11 is 0. The number of rotatable bonds is 7. The van der Waals surface area contributed by atoms with Crippen LogP contribution >= 0.6 is 0 Å². The Morgan fingerprint density at radius 1 is 1.50 bits per heavy atom. The highest BCUT2D eigenvalue weighted by Gasteiger charge is 2.34. The Morgan fingerprint density at radius 3 is 3.00 bits per heavy atom. The van der Waals surface area contributed by atoms with Crippen LogP contribution < -0.4 is 0 Å². The number of alkyl halides is 1. The molecule has 0 N–H and O–H groups in total. The van der Waals surface area contributed by atoms with Gasteiger partial charge in [-0.2, -0.15) is 0 Å². The molecule has 7 heteroatoms. The Kier molecular flexibility index (Phi) is 5.50. The topological polar surface area (TPSA) is 58.8 Å². The average Bonchev–Trinajstić information content (AvgIpc) is 3.20. The molecule has 3 heterocycles. The lowest BCUT2D eigenvalue weighted by molar-refractivity contribution is -0.141. The summed E-state index contributed by atoms with van der Waals surface area (Å²) in [5.74, 6) is 0.733. The summed E-state index contributed by atoms with van der Waals surface area (Å²) in [6.07, 6.45) is 1.38. The van der Waals surface area contributed by atoms with Gasteiger partial charge in [0.2, 0.25) is 0 Å². The van der Waals surface area contributed by atoms with Gasteiger partial charge in [0.1, 0.15) is 6.17 Å². The van der Waals surface area contributed by atoms with Crippen molar-refractivity contribution in [2.45, 2.75) is 44.9 Å². The van der Waals surface area contributed by atoms with Gasteiger partial charge in [0.15, 0.2) is 5.76 Å². The summed E-state index contributed by atoms with van der Waals surface area (Å²) in [4.78, 5) is 15.8. The minimum atomic E-state index is -0.794. The summed E-state index contributed by atoms with van der Waals surface area (Å²) in [6, 6.07) is 2.06. The Balaban J connectivity index is 1.49. The second-order valence-corrected chi connectivity index (χ2v) is 7.05. The van der Waals surface area contributed by atoms with E-state index in [1.54, 1.807) is 0 Å². The second kappa shape index (κ2) is 7.61. The molecule has 3 atom stereocenters. The quantitative estimate of drug-likeness (QED) is 0.706. The molecule has 6 nitrogen and oxygen atoms in total. The van der Waals surface area contributed by atoms with Gasteiger partial charge in [0.05, 0.1) is 24.8 Å². The molecule has 3 rings (SSSR count). The fourth-order valence-corrected chi connectivity index (χ4v) is 3.62. The highest BCUT2D eigenvalue weighted by atomic mass is 19.1. The molecule has 0 radical (unpaired) electrons. The summed E-state index contributed by atoms with van der Waals surface area (Å²) in [6.45, 7) is 5.07.